The van der Waals surface area contributed by atoms with E-state index in [1.165, 1.54) is 49.8 Å². The summed E-state index contributed by atoms with van der Waals surface area (Å²) in [5.74, 6) is 3.24. The Labute approximate surface area is 103 Å². The molecular formula is C15H21NO. The Hall–Kier alpha value is -0.760. The van der Waals surface area contributed by atoms with E-state index in [2.05, 4.69) is 11.4 Å². The fourth-order valence-corrected chi connectivity index (χ4v) is 4.37. The first-order valence-corrected chi connectivity index (χ1v) is 7.22. The predicted octanol–water partition coefficient (Wildman–Crippen LogP) is 3.44. The molecule has 4 unspecified atom stereocenters. The van der Waals surface area contributed by atoms with E-state index in [0.29, 0.717) is 6.04 Å². The quantitative estimate of drug-likeness (QED) is 0.843. The highest BCUT2D eigenvalue weighted by Gasteiger charge is 2.40. The van der Waals surface area contributed by atoms with Crippen LogP contribution in [0.3, 0.4) is 0 Å². The highest BCUT2D eigenvalue weighted by molar-refractivity contribution is 5.24. The van der Waals surface area contributed by atoms with E-state index in [1.807, 2.05) is 6.26 Å². The van der Waals surface area contributed by atoms with Gasteiger partial charge in [-0.05, 0) is 50.0 Å². The van der Waals surface area contributed by atoms with Crippen LogP contribution in [0.1, 0.15) is 55.9 Å². The van der Waals surface area contributed by atoms with Crippen LogP contribution in [0.5, 0.6) is 0 Å². The van der Waals surface area contributed by atoms with Crippen LogP contribution in [0.2, 0.25) is 0 Å². The van der Waals surface area contributed by atoms with Crippen LogP contribution in [-0.2, 0) is 6.42 Å². The fourth-order valence-electron chi connectivity index (χ4n) is 4.37. The average molecular weight is 231 g/mol. The van der Waals surface area contributed by atoms with E-state index >= 15 is 0 Å². The molecule has 2 heteroatoms. The summed E-state index contributed by atoms with van der Waals surface area (Å²) in [4.78, 5) is 0. The number of aryl methyl sites for hydroxylation is 1. The highest BCUT2D eigenvalue weighted by Crippen LogP contribution is 2.45. The van der Waals surface area contributed by atoms with Gasteiger partial charge >= 0.3 is 0 Å². The van der Waals surface area contributed by atoms with Crippen LogP contribution in [0.4, 0.5) is 0 Å². The van der Waals surface area contributed by atoms with Crippen LogP contribution < -0.4 is 5.32 Å². The molecule has 2 fully saturated rings. The van der Waals surface area contributed by atoms with E-state index in [-0.39, 0.29) is 0 Å². The van der Waals surface area contributed by atoms with Crippen LogP contribution in [0.25, 0.3) is 0 Å². The van der Waals surface area contributed by atoms with Gasteiger partial charge < -0.3 is 9.73 Å². The molecule has 3 aliphatic rings. The molecule has 2 nitrogen and oxygen atoms in total. The molecule has 4 rings (SSSR count). The molecule has 0 spiro atoms. The summed E-state index contributed by atoms with van der Waals surface area (Å²) in [6.07, 6.45) is 11.4. The number of hydrogen-bond acceptors (Lipinski definition) is 2. The van der Waals surface area contributed by atoms with Crippen LogP contribution >= 0.6 is 0 Å². The van der Waals surface area contributed by atoms with Crippen LogP contribution in [0, 0.1) is 11.8 Å². The van der Waals surface area contributed by atoms with Gasteiger partial charge in [-0.1, -0.05) is 6.42 Å². The highest BCUT2D eigenvalue weighted by atomic mass is 16.3. The van der Waals surface area contributed by atoms with Crippen molar-refractivity contribution in [1.82, 2.24) is 5.32 Å². The molecule has 1 aromatic rings. The molecule has 4 atom stereocenters. The number of hydrogen-bond donors (Lipinski definition) is 1. The first kappa shape index (κ1) is 10.2. The molecule has 92 valence electrons. The second-order valence-electron chi connectivity index (χ2n) is 6.19. The molecule has 1 aromatic heterocycles. The molecule has 1 N–H and O–H groups in total. The summed E-state index contributed by atoms with van der Waals surface area (Å²) in [6.45, 7) is 0. The van der Waals surface area contributed by atoms with E-state index in [9.17, 15) is 0 Å². The first-order chi connectivity index (χ1) is 8.40. The van der Waals surface area contributed by atoms with Crippen molar-refractivity contribution in [2.75, 3.05) is 0 Å². The summed E-state index contributed by atoms with van der Waals surface area (Å²) in [7, 11) is 0. The standard InChI is InChI=1S/C15H21NO/c1-2-13(12-6-7-17-15(12)3-1)16-14-9-10-4-5-11(14)8-10/h6-7,10-11,13-14,16H,1-5,8-9H2. The maximum atomic E-state index is 5.57. The molecule has 0 saturated heterocycles. The Morgan fingerprint density at radius 2 is 2.18 bits per heavy atom. The number of rotatable bonds is 2. The molecular weight excluding hydrogens is 210 g/mol. The minimum absolute atomic E-state index is 0.571. The summed E-state index contributed by atoms with van der Waals surface area (Å²) in [6, 6.07) is 3.54. The Kier molecular flexibility index (Phi) is 2.32. The van der Waals surface area contributed by atoms with E-state index in [4.69, 9.17) is 4.42 Å². The topological polar surface area (TPSA) is 25.2 Å². The predicted molar refractivity (Wildman–Crippen MR) is 66.8 cm³/mol. The van der Waals surface area contributed by atoms with Gasteiger partial charge in [-0.2, -0.15) is 0 Å². The van der Waals surface area contributed by atoms with Crippen LogP contribution in [0.15, 0.2) is 16.7 Å². The van der Waals surface area contributed by atoms with Crippen molar-refractivity contribution < 1.29 is 4.42 Å². The molecule has 3 aliphatic carbocycles. The van der Waals surface area contributed by atoms with Crippen molar-refractivity contribution in [3.8, 4) is 0 Å². The Balaban J connectivity index is 1.50. The molecule has 2 bridgehead atoms. The van der Waals surface area contributed by atoms with Gasteiger partial charge in [0.2, 0.25) is 0 Å². The van der Waals surface area contributed by atoms with Gasteiger partial charge in [0.25, 0.3) is 0 Å². The number of furan rings is 1. The molecule has 0 aromatic carbocycles. The van der Waals surface area contributed by atoms with Gasteiger partial charge in [0.05, 0.1) is 6.26 Å². The monoisotopic (exact) mass is 231 g/mol. The zero-order chi connectivity index (χ0) is 11.2. The van der Waals surface area contributed by atoms with Crippen LogP contribution in [-0.4, -0.2) is 6.04 Å². The zero-order valence-corrected chi connectivity index (χ0v) is 10.3. The van der Waals surface area contributed by atoms with Crippen molar-refractivity contribution in [2.45, 2.75) is 57.0 Å². The van der Waals surface area contributed by atoms with Crippen molar-refractivity contribution >= 4 is 0 Å². The third-order valence-electron chi connectivity index (χ3n) is 5.21. The largest absolute Gasteiger partial charge is 0.469 e. The van der Waals surface area contributed by atoms with Crippen molar-refractivity contribution in [3.63, 3.8) is 0 Å². The number of fused-ring (bicyclic) bond motifs is 3. The molecule has 0 amide bonds. The molecule has 0 radical (unpaired) electrons. The first-order valence-electron chi connectivity index (χ1n) is 7.22. The van der Waals surface area contributed by atoms with E-state index < -0.39 is 0 Å². The third-order valence-corrected chi connectivity index (χ3v) is 5.21. The smallest absolute Gasteiger partial charge is 0.108 e. The second-order valence-corrected chi connectivity index (χ2v) is 6.19. The SMILES string of the molecule is c1cc2c(o1)CCCC2NC1CC2CCC1C2. The van der Waals surface area contributed by atoms with Gasteiger partial charge in [0.1, 0.15) is 5.76 Å². The van der Waals surface area contributed by atoms with Crippen molar-refractivity contribution in [1.29, 1.82) is 0 Å². The van der Waals surface area contributed by atoms with E-state index in [1.54, 1.807) is 0 Å². The lowest BCUT2D eigenvalue weighted by Gasteiger charge is -2.30. The van der Waals surface area contributed by atoms with Crippen molar-refractivity contribution in [2.24, 2.45) is 11.8 Å². The Morgan fingerprint density at radius 3 is 3.00 bits per heavy atom. The van der Waals surface area contributed by atoms with Gasteiger partial charge in [0.15, 0.2) is 0 Å². The minimum atomic E-state index is 0.571. The maximum Gasteiger partial charge on any atom is 0.108 e. The zero-order valence-electron chi connectivity index (χ0n) is 10.3. The normalized spacial score (nSPS) is 39.5. The molecule has 17 heavy (non-hydrogen) atoms. The van der Waals surface area contributed by atoms with Gasteiger partial charge in [-0.3, -0.25) is 0 Å². The average Bonchev–Trinajstić information content (AvgIpc) is 3.04. The van der Waals surface area contributed by atoms with E-state index in [0.717, 1.165) is 24.3 Å². The molecule has 2 saturated carbocycles. The maximum absolute atomic E-state index is 5.57. The summed E-state index contributed by atoms with van der Waals surface area (Å²) >= 11 is 0. The number of nitrogens with one attached hydrogen (secondary N) is 1. The summed E-state index contributed by atoms with van der Waals surface area (Å²) in [5, 5.41) is 3.93. The third kappa shape index (κ3) is 1.65. The minimum Gasteiger partial charge on any atom is -0.469 e. The van der Waals surface area contributed by atoms with Gasteiger partial charge in [-0.15, -0.1) is 0 Å². The van der Waals surface area contributed by atoms with Crippen molar-refractivity contribution in [3.05, 3.63) is 23.7 Å². The summed E-state index contributed by atoms with van der Waals surface area (Å²) < 4.78 is 5.57. The molecule has 1 heterocycles. The Morgan fingerprint density at radius 1 is 1.18 bits per heavy atom. The van der Waals surface area contributed by atoms with Gasteiger partial charge in [0, 0.05) is 24.1 Å². The second kappa shape index (κ2) is 3.88. The summed E-state index contributed by atoms with van der Waals surface area (Å²) in [5.41, 5.74) is 1.44. The van der Waals surface area contributed by atoms with Gasteiger partial charge in [-0.25, -0.2) is 0 Å². The lowest BCUT2D eigenvalue weighted by atomic mass is 9.89. The lowest BCUT2D eigenvalue weighted by Crippen LogP contribution is -2.37. The molecule has 0 aliphatic heterocycles. The Bertz CT molecular complexity index is 411. The fraction of sp³-hybridized carbons (Fsp3) is 0.733. The lowest BCUT2D eigenvalue weighted by molar-refractivity contribution is 0.298.